The van der Waals surface area contributed by atoms with E-state index >= 15 is 0 Å². The van der Waals surface area contributed by atoms with Crippen molar-refractivity contribution in [2.45, 2.75) is 25.8 Å². The Morgan fingerprint density at radius 3 is 2.69 bits per heavy atom. The molecular formula is C20H31IN4O. The number of aliphatic imine (C=N–C) groups is 1. The van der Waals surface area contributed by atoms with Crippen LogP contribution in [0.3, 0.4) is 0 Å². The smallest absolute Gasteiger partial charge is 0.192 e. The third-order valence-corrected chi connectivity index (χ3v) is 4.65. The molecule has 0 saturated carbocycles. The first-order chi connectivity index (χ1) is 12.2. The van der Waals surface area contributed by atoms with Gasteiger partial charge < -0.3 is 15.4 Å². The maximum atomic E-state index is 5.34. The van der Waals surface area contributed by atoms with E-state index in [1.807, 2.05) is 12.1 Å². The number of methoxy groups -OCH3 is 1. The van der Waals surface area contributed by atoms with Crippen molar-refractivity contribution in [2.24, 2.45) is 10.9 Å². The largest absolute Gasteiger partial charge is 0.497 e. The molecule has 1 saturated heterocycles. The van der Waals surface area contributed by atoms with Gasteiger partial charge in [0.2, 0.25) is 0 Å². The summed E-state index contributed by atoms with van der Waals surface area (Å²) in [6, 6.07) is 8.79. The van der Waals surface area contributed by atoms with Crippen LogP contribution in [0.25, 0.3) is 0 Å². The van der Waals surface area contributed by atoms with Gasteiger partial charge in [0, 0.05) is 19.1 Å². The SMILES string of the molecule is C#CCNC(=NCC1CCCN(C)C1c1ccc(OC)cc1)NCC.I. The molecule has 1 aliphatic rings. The first kappa shape index (κ1) is 22.6. The number of hydrogen-bond donors (Lipinski definition) is 2. The summed E-state index contributed by atoms with van der Waals surface area (Å²) in [6.07, 6.45) is 7.73. The Kier molecular flexibility index (Phi) is 10.4. The maximum Gasteiger partial charge on any atom is 0.192 e. The van der Waals surface area contributed by atoms with Crippen molar-refractivity contribution in [2.75, 3.05) is 40.3 Å². The number of hydrogen-bond acceptors (Lipinski definition) is 3. The molecule has 2 unspecified atom stereocenters. The first-order valence-electron chi connectivity index (χ1n) is 8.99. The van der Waals surface area contributed by atoms with Crippen LogP contribution in [-0.4, -0.2) is 51.2 Å². The second-order valence-electron chi connectivity index (χ2n) is 6.38. The normalized spacial score (nSPS) is 20.6. The van der Waals surface area contributed by atoms with Crippen LogP contribution in [0.1, 0.15) is 31.4 Å². The molecule has 0 spiro atoms. The fraction of sp³-hybridized carbons (Fsp3) is 0.550. The summed E-state index contributed by atoms with van der Waals surface area (Å²) in [7, 11) is 3.90. The number of halogens is 1. The lowest BCUT2D eigenvalue weighted by atomic mass is 9.85. The molecule has 1 fully saturated rings. The van der Waals surface area contributed by atoms with Gasteiger partial charge in [-0.1, -0.05) is 18.1 Å². The first-order valence-corrected chi connectivity index (χ1v) is 8.99. The van der Waals surface area contributed by atoms with Crippen LogP contribution in [0.15, 0.2) is 29.3 Å². The third-order valence-electron chi connectivity index (χ3n) is 4.65. The van der Waals surface area contributed by atoms with Gasteiger partial charge in [-0.25, -0.2) is 0 Å². The zero-order chi connectivity index (χ0) is 18.1. The number of nitrogens with zero attached hydrogens (tertiary/aromatic N) is 2. The van der Waals surface area contributed by atoms with Crippen molar-refractivity contribution in [3.8, 4) is 18.1 Å². The minimum atomic E-state index is 0. The van der Waals surface area contributed by atoms with Crippen molar-refractivity contribution in [3.05, 3.63) is 29.8 Å². The summed E-state index contributed by atoms with van der Waals surface area (Å²) in [5.41, 5.74) is 1.32. The van der Waals surface area contributed by atoms with E-state index < -0.39 is 0 Å². The third kappa shape index (κ3) is 6.36. The maximum absolute atomic E-state index is 5.34. The van der Waals surface area contributed by atoms with E-state index in [1.54, 1.807) is 7.11 Å². The lowest BCUT2D eigenvalue weighted by Crippen LogP contribution is -2.40. The van der Waals surface area contributed by atoms with E-state index in [0.29, 0.717) is 18.5 Å². The van der Waals surface area contributed by atoms with E-state index in [2.05, 4.69) is 47.6 Å². The number of piperidine rings is 1. The molecule has 5 nitrogen and oxygen atoms in total. The Hall–Kier alpha value is -1.46. The number of terminal acetylenes is 1. The topological polar surface area (TPSA) is 48.9 Å². The van der Waals surface area contributed by atoms with Gasteiger partial charge in [-0.05, 0) is 57.0 Å². The monoisotopic (exact) mass is 470 g/mol. The molecule has 2 atom stereocenters. The second kappa shape index (κ2) is 12.0. The number of nitrogens with one attached hydrogen (secondary N) is 2. The number of benzene rings is 1. The van der Waals surface area contributed by atoms with Crippen LogP contribution in [0.4, 0.5) is 0 Å². The molecule has 0 bridgehead atoms. The highest BCUT2D eigenvalue weighted by molar-refractivity contribution is 14.0. The van der Waals surface area contributed by atoms with Gasteiger partial charge in [0.25, 0.3) is 0 Å². The van der Waals surface area contributed by atoms with Crippen LogP contribution < -0.4 is 15.4 Å². The number of likely N-dealkylation sites (tertiary alicyclic amines) is 1. The van der Waals surface area contributed by atoms with Gasteiger partial charge in [-0.2, -0.15) is 0 Å². The highest BCUT2D eigenvalue weighted by atomic mass is 127. The Morgan fingerprint density at radius 2 is 2.08 bits per heavy atom. The molecular weight excluding hydrogens is 439 g/mol. The van der Waals surface area contributed by atoms with E-state index in [4.69, 9.17) is 16.2 Å². The summed E-state index contributed by atoms with van der Waals surface area (Å²) in [4.78, 5) is 7.20. The van der Waals surface area contributed by atoms with E-state index in [9.17, 15) is 0 Å². The number of rotatable bonds is 6. The minimum absolute atomic E-state index is 0. The van der Waals surface area contributed by atoms with Crippen LogP contribution >= 0.6 is 24.0 Å². The number of guanidine groups is 1. The summed E-state index contributed by atoms with van der Waals surface area (Å²) >= 11 is 0. The van der Waals surface area contributed by atoms with Crippen LogP contribution in [0, 0.1) is 18.3 Å². The highest BCUT2D eigenvalue weighted by Gasteiger charge is 2.30. The Balaban J connectivity index is 0.00000338. The van der Waals surface area contributed by atoms with E-state index in [0.717, 1.165) is 31.3 Å². The van der Waals surface area contributed by atoms with Gasteiger partial charge in [0.1, 0.15) is 5.75 Å². The molecule has 0 aliphatic carbocycles. The summed E-state index contributed by atoms with van der Waals surface area (Å²) in [6.45, 7) is 5.26. The highest BCUT2D eigenvalue weighted by Crippen LogP contribution is 2.35. The molecule has 2 rings (SSSR count). The molecule has 144 valence electrons. The molecule has 1 aromatic rings. The lowest BCUT2D eigenvalue weighted by molar-refractivity contribution is 0.125. The molecule has 1 aromatic carbocycles. The minimum Gasteiger partial charge on any atom is -0.497 e. The molecule has 0 amide bonds. The molecule has 1 heterocycles. The molecule has 1 aliphatic heterocycles. The van der Waals surface area contributed by atoms with Crippen molar-refractivity contribution < 1.29 is 4.74 Å². The average molecular weight is 470 g/mol. The predicted molar refractivity (Wildman–Crippen MR) is 119 cm³/mol. The van der Waals surface area contributed by atoms with Crippen LogP contribution in [0.5, 0.6) is 5.75 Å². The lowest BCUT2D eigenvalue weighted by Gasteiger charge is -2.39. The Bertz CT molecular complexity index is 597. The van der Waals surface area contributed by atoms with Crippen LogP contribution in [-0.2, 0) is 0 Å². The van der Waals surface area contributed by atoms with Gasteiger partial charge in [-0.15, -0.1) is 30.4 Å². The summed E-state index contributed by atoms with van der Waals surface area (Å²) in [5, 5.41) is 6.41. The fourth-order valence-corrected chi connectivity index (χ4v) is 3.46. The van der Waals surface area contributed by atoms with Gasteiger partial charge >= 0.3 is 0 Å². The second-order valence-corrected chi connectivity index (χ2v) is 6.38. The standard InChI is InChI=1S/C20H30N4O.HI/c1-5-13-22-20(21-6-2)23-15-17-8-7-14-24(3)19(17)16-9-11-18(25-4)12-10-16;/h1,9-12,17,19H,6-8,13-15H2,2-4H3,(H2,21,22,23);1H. The van der Waals surface area contributed by atoms with E-state index in [-0.39, 0.29) is 24.0 Å². The molecule has 0 radical (unpaired) electrons. The molecule has 0 aromatic heterocycles. The molecule has 6 heteroatoms. The fourth-order valence-electron chi connectivity index (χ4n) is 3.46. The van der Waals surface area contributed by atoms with Crippen molar-refractivity contribution in [1.82, 2.24) is 15.5 Å². The average Bonchev–Trinajstić information content (AvgIpc) is 2.64. The van der Waals surface area contributed by atoms with Crippen molar-refractivity contribution >= 4 is 29.9 Å². The van der Waals surface area contributed by atoms with E-state index in [1.165, 1.54) is 18.4 Å². The summed E-state index contributed by atoms with van der Waals surface area (Å²) < 4.78 is 5.29. The zero-order valence-corrected chi connectivity index (χ0v) is 18.3. The zero-order valence-electron chi connectivity index (χ0n) is 16.0. The Morgan fingerprint density at radius 1 is 1.35 bits per heavy atom. The predicted octanol–water partition coefficient (Wildman–Crippen LogP) is 2.88. The van der Waals surface area contributed by atoms with Gasteiger partial charge in [-0.3, -0.25) is 9.89 Å². The number of ether oxygens (including phenoxy) is 1. The summed E-state index contributed by atoms with van der Waals surface area (Å²) in [5.74, 6) is 4.76. The Labute approximate surface area is 175 Å². The van der Waals surface area contributed by atoms with Crippen LogP contribution in [0.2, 0.25) is 0 Å². The molecule has 2 N–H and O–H groups in total. The van der Waals surface area contributed by atoms with Gasteiger partial charge in [0.15, 0.2) is 5.96 Å². The van der Waals surface area contributed by atoms with Crippen molar-refractivity contribution in [3.63, 3.8) is 0 Å². The molecule has 26 heavy (non-hydrogen) atoms. The quantitative estimate of drug-likeness (QED) is 0.291. The van der Waals surface area contributed by atoms with Crippen molar-refractivity contribution in [1.29, 1.82) is 0 Å². The van der Waals surface area contributed by atoms with Gasteiger partial charge in [0.05, 0.1) is 13.7 Å².